The predicted molar refractivity (Wildman–Crippen MR) is 578 cm³/mol. The molecule has 8 atom stereocenters. The number of nitrogens with zero attached hydrogens (tertiary/aromatic N) is 10. The van der Waals surface area contributed by atoms with Crippen LogP contribution in [-0.2, 0) is 41.1 Å². The van der Waals surface area contributed by atoms with E-state index in [2.05, 4.69) is 4.90 Å². The van der Waals surface area contributed by atoms with Crippen molar-refractivity contribution < 1.29 is 113 Å². The van der Waals surface area contributed by atoms with Crippen molar-refractivity contribution >= 4 is 127 Å². The SMILES string of the molecule is CCOC(=O)Oc1cc(O)c([C@H]2CCN(C)C[C@H]2O)c2oc(-c3ccccc3Cl)cc(=O)c12.CN1CC[C@H](c2c(O)cc(O)c3c(=O)cc(-c4ccccc4Cl)oc23)[C@H](OP2(=O)OCC(C)(C)CO2)C1.CN1CC[C@H](c2c(OP(=O)(N(C)C)N(C)C)cc(O)c3c(=O)cc(-c4ccccc4Cl)oc23)[C@H](O)C1.CN1CC[C@H](c2c(OP(=O)(N(C)C)N(C)C)cc(O)c3c(=O)cc(-c4ccccc4Cl)oc23)[C@H](OP(=O)(N(C)C)N(C)C)C1. The predicted octanol–water partition coefficient (Wildman–Crippen LogP) is 19.3. The average Bonchev–Trinajstić information content (AvgIpc) is 0.742. The third-order valence-electron chi connectivity index (χ3n) is 26.8. The van der Waals surface area contributed by atoms with Gasteiger partial charge in [-0.2, -0.15) is 0 Å². The molecule has 0 bridgehead atoms. The molecule has 12 aromatic rings. The molecule has 0 saturated carbocycles. The summed E-state index contributed by atoms with van der Waals surface area (Å²) >= 11 is 25.5. The van der Waals surface area contributed by atoms with Crippen LogP contribution < -0.4 is 35.5 Å². The highest BCUT2D eigenvalue weighted by Crippen LogP contribution is 2.62. The Hall–Kier alpha value is -10.1. The number of aliphatic hydroxyl groups is 2. The number of likely N-dealkylation sites (N-methyl/N-ethyl adjacent to an activating group) is 4. The Morgan fingerprint density at radius 3 is 1.06 bits per heavy atom. The van der Waals surface area contributed by atoms with Crippen molar-refractivity contribution in [3.05, 3.63) is 229 Å². The van der Waals surface area contributed by atoms with Gasteiger partial charge >= 0.3 is 37.0 Å². The summed E-state index contributed by atoms with van der Waals surface area (Å²) in [5, 5.41) is 77.8. The minimum absolute atomic E-state index is 0.0213. The number of benzene rings is 8. The Labute approximate surface area is 887 Å². The van der Waals surface area contributed by atoms with Crippen LogP contribution in [0.25, 0.3) is 89.2 Å². The fraction of sp³-hybridized carbons (Fsp3) is 0.413. The van der Waals surface area contributed by atoms with E-state index in [1.807, 2.05) is 56.7 Å². The molecule has 5 fully saturated rings. The number of halogens is 4. The first kappa shape index (κ1) is 115. The van der Waals surface area contributed by atoms with Crippen LogP contribution in [0.4, 0.5) is 4.79 Å². The summed E-state index contributed by atoms with van der Waals surface area (Å²) in [7, 11) is 12.8. The number of ether oxygens (including phenoxy) is 2. The molecule has 0 spiro atoms. The molecule has 4 aromatic heterocycles. The molecule has 0 amide bonds. The zero-order valence-corrected chi connectivity index (χ0v) is 93.2. The lowest BCUT2D eigenvalue weighted by Gasteiger charge is -2.41. The van der Waals surface area contributed by atoms with Gasteiger partial charge < -0.3 is 96.1 Å². The normalized spacial score (nSPS) is 20.2. The van der Waals surface area contributed by atoms with E-state index in [0.717, 1.165) is 6.07 Å². The van der Waals surface area contributed by atoms with E-state index in [-0.39, 0.29) is 144 Å². The van der Waals surface area contributed by atoms with Crippen molar-refractivity contribution in [3.63, 3.8) is 0 Å². The van der Waals surface area contributed by atoms with Gasteiger partial charge in [-0.05, 0) is 220 Å². The number of aliphatic hydroxyl groups excluding tert-OH is 2. The van der Waals surface area contributed by atoms with E-state index in [9.17, 15) is 78.0 Å². The second kappa shape index (κ2) is 47.5. The van der Waals surface area contributed by atoms with E-state index in [1.54, 1.807) is 198 Å². The third kappa shape index (κ3) is 24.8. The maximum Gasteiger partial charge on any atom is 0.513 e. The van der Waals surface area contributed by atoms with Crippen LogP contribution >= 0.6 is 77.2 Å². The number of likely N-dealkylation sites (tertiary alicyclic amines) is 4. The number of phenolic OH excluding ortho intramolecular Hbond substituents is 5. The second-order valence-electron chi connectivity index (χ2n) is 39.6. The highest BCUT2D eigenvalue weighted by atomic mass is 35.5. The van der Waals surface area contributed by atoms with Gasteiger partial charge in [0.25, 0.3) is 0 Å². The molecule has 0 radical (unpaired) electrons. The van der Waals surface area contributed by atoms with E-state index in [0.29, 0.717) is 132 Å². The first-order chi connectivity index (χ1) is 70.7. The number of piperidine rings is 4. The second-order valence-corrected chi connectivity index (χ2v) is 51.2. The number of hydrogen-bond acceptors (Lipinski definition) is 32. The quantitative estimate of drug-likeness (QED) is 0.0168. The van der Waals surface area contributed by atoms with Crippen LogP contribution in [0.3, 0.4) is 0 Å². The monoisotopic (exact) mass is 2230 g/mol. The molecule has 9 heterocycles. The van der Waals surface area contributed by atoms with Crippen LogP contribution in [-0.4, -0.2) is 299 Å². The number of fused-ring (bicyclic) bond motifs is 4. The Kier molecular flexibility index (Phi) is 36.5. The molecule has 0 aliphatic carbocycles. The van der Waals surface area contributed by atoms with Gasteiger partial charge in [-0.1, -0.05) is 109 Å². The van der Waals surface area contributed by atoms with Gasteiger partial charge in [-0.25, -0.2) is 46.5 Å². The van der Waals surface area contributed by atoms with Gasteiger partial charge in [0, 0.05) is 148 Å². The van der Waals surface area contributed by atoms with Gasteiger partial charge in [0.15, 0.2) is 27.5 Å². The highest BCUT2D eigenvalue weighted by molar-refractivity contribution is 7.54. The van der Waals surface area contributed by atoms with Crippen molar-refractivity contribution in [2.75, 3.05) is 185 Å². The fourth-order valence-electron chi connectivity index (χ4n) is 19.0. The Bertz CT molecular complexity index is 7470. The van der Waals surface area contributed by atoms with Crippen molar-refractivity contribution in [3.8, 4) is 91.3 Å². The van der Waals surface area contributed by atoms with Crippen LogP contribution in [0, 0.1) is 5.41 Å². The summed E-state index contributed by atoms with van der Waals surface area (Å²) in [5.74, 6) is -3.03. The molecule has 17 rings (SSSR count). The number of phosphoric ester groups is 1. The van der Waals surface area contributed by atoms with Gasteiger partial charge in [0.1, 0.15) is 107 Å². The molecular formula is C104H126Cl4N10O28P4. The molecule has 5 aliphatic rings. The topological polar surface area (TPSA) is 454 Å². The lowest BCUT2D eigenvalue weighted by molar-refractivity contribution is -0.0270. The number of aromatic hydroxyl groups is 5. The van der Waals surface area contributed by atoms with Crippen LogP contribution in [0.1, 0.15) is 92.4 Å². The first-order valence-electron chi connectivity index (χ1n) is 48.2. The minimum Gasteiger partial charge on any atom is -0.507 e. The Morgan fingerprint density at radius 2 is 0.700 bits per heavy atom. The minimum atomic E-state index is -3.87. The lowest BCUT2D eigenvalue weighted by Crippen LogP contribution is -2.43. The number of carbonyl (C=O) groups excluding carboxylic acids is 1. The van der Waals surface area contributed by atoms with Gasteiger partial charge in [-0.15, -0.1) is 0 Å². The van der Waals surface area contributed by atoms with E-state index in [4.69, 9.17) is 101 Å². The Morgan fingerprint density at radius 1 is 0.407 bits per heavy atom. The third-order valence-corrected chi connectivity index (χ3v) is 37.0. The molecule has 7 N–H and O–H groups in total. The molecule has 5 aliphatic heterocycles. The smallest absolute Gasteiger partial charge is 0.507 e. The average molecular weight is 2230 g/mol. The number of β-amino-alcohol motifs (C(OH)–C–C–N with tert-alkyl or cyclic N) is 2. The molecule has 0 unspecified atom stereocenters. The number of rotatable bonds is 24. The van der Waals surface area contributed by atoms with E-state index < -0.39 is 113 Å². The summed E-state index contributed by atoms with van der Waals surface area (Å²) in [5.41, 5.74) is 1.24. The summed E-state index contributed by atoms with van der Waals surface area (Å²) in [4.78, 5) is 73.3. The maximum absolute atomic E-state index is 14.1. The molecule has 150 heavy (non-hydrogen) atoms. The maximum atomic E-state index is 14.1. The Balaban J connectivity index is 0.000000158. The number of phosphoric acid groups is 1. The summed E-state index contributed by atoms with van der Waals surface area (Å²) < 4.78 is 135. The van der Waals surface area contributed by atoms with E-state index >= 15 is 0 Å². The van der Waals surface area contributed by atoms with Gasteiger partial charge in [-0.3, -0.25) is 37.3 Å². The largest absolute Gasteiger partial charge is 0.513 e. The molecule has 5 saturated heterocycles. The zero-order chi connectivity index (χ0) is 109. The summed E-state index contributed by atoms with van der Waals surface area (Å²) in [6.45, 7) is 10.2. The highest BCUT2D eigenvalue weighted by Gasteiger charge is 2.48. The lowest BCUT2D eigenvalue weighted by atomic mass is 9.85. The van der Waals surface area contributed by atoms with Crippen molar-refractivity contribution in [1.82, 2.24) is 47.6 Å². The van der Waals surface area contributed by atoms with Gasteiger partial charge in [0.2, 0.25) is 0 Å². The van der Waals surface area contributed by atoms with Gasteiger partial charge in [0.05, 0.1) is 64.3 Å². The molecule has 38 nitrogen and oxygen atoms in total. The molecule has 8 aromatic carbocycles. The summed E-state index contributed by atoms with van der Waals surface area (Å²) in [6.07, 6.45) is -1.99. The molecule has 808 valence electrons. The standard InChI is InChI=1S/C29H42ClN5O7P2.C26H29ClNO8P.C25H31ClN3O6P.C24H24ClNO7/c1-31(2)43(38,32(3)4)41-25-17-23(37)28-22(36)16-24(19-12-10-11-13-21(19)30)40-29(28)27(25)20-14-15-35(9)18-26(20)42-44(39,33(5)6)34(7)8;1-26(2)13-33-37(32,34-14-26)36-22-12-28(3)9-8-16(22)23-18(29)10-19(30)24-20(31)11-21(35-25(23)24)15-6-4-5-7-17(15)27;1-27(2)36(33,28(3)4)35-22-13-19(31)24-18(30)12-21(15-8-6-7-9-17(15)26)34-25(24)23(22)16-10-11-29(5)14-20(16)32;1-3-31-24(30)33-20-11-16(27)21(14-8-9-26(2)12-18(14)29)23-22(20)17(28)10-19(32-23)13-6-4-5-7-15(13)25/h10-13,16-17,20,26,37H,14-15,18H2,1-9H3;4-7,10-11,16,22,29-30H,8-9,12-14H2,1-3H3;6-9,12-13,16,20,31-32H,10-11,14H2,1-5H3;4-7,10-11,14,18,27,29H,3,8-9,12H2,1-2H3/t20-,26+;16-,22+;16-,20+;14-,18+/m0000/s1. The van der Waals surface area contributed by atoms with Crippen LogP contribution in [0.5, 0.6) is 46.0 Å². The first-order valence-corrected chi connectivity index (χ1v) is 55.8. The summed E-state index contributed by atoms with van der Waals surface area (Å²) in [6, 6.07) is 37.7. The number of hydrogen-bond donors (Lipinski definition) is 7. The van der Waals surface area contributed by atoms with E-state index in [1.165, 1.54) is 61.1 Å². The van der Waals surface area contributed by atoms with Crippen molar-refractivity contribution in [2.45, 2.75) is 94.5 Å². The molecule has 46 heteroatoms. The van der Waals surface area contributed by atoms with Crippen LogP contribution in [0.15, 0.2) is 182 Å². The fourth-order valence-corrected chi connectivity index (χ4v) is 26.2. The van der Waals surface area contributed by atoms with Crippen molar-refractivity contribution in [1.29, 1.82) is 0 Å². The van der Waals surface area contributed by atoms with Crippen molar-refractivity contribution in [2.24, 2.45) is 5.41 Å². The number of carbonyl (C=O) groups is 1. The van der Waals surface area contributed by atoms with Crippen LogP contribution in [0.2, 0.25) is 20.1 Å². The number of phenols is 5. The zero-order valence-electron chi connectivity index (χ0n) is 86.6. The molecular weight excluding hydrogens is 2100 g/mol.